The first-order valence-electron chi connectivity index (χ1n) is 8.91. The summed E-state index contributed by atoms with van der Waals surface area (Å²) in [5, 5.41) is 0. The quantitative estimate of drug-likeness (QED) is 0.851. The summed E-state index contributed by atoms with van der Waals surface area (Å²) in [7, 11) is 1.77. The van der Waals surface area contributed by atoms with Crippen LogP contribution in [0.2, 0.25) is 0 Å². The summed E-state index contributed by atoms with van der Waals surface area (Å²) in [4.78, 5) is 12.1. The Morgan fingerprint density at radius 1 is 1.04 bits per heavy atom. The number of benzene rings is 2. The van der Waals surface area contributed by atoms with Crippen LogP contribution in [0.4, 0.5) is 0 Å². The number of hydrogen-bond acceptors (Lipinski definition) is 2. The molecule has 124 valence electrons. The average molecular weight is 320 g/mol. The predicted octanol–water partition coefficient (Wildman–Crippen LogP) is 4.11. The highest BCUT2D eigenvalue weighted by Crippen LogP contribution is 2.53. The molecule has 2 nitrogen and oxygen atoms in total. The lowest BCUT2D eigenvalue weighted by atomic mass is 9.62. The highest BCUT2D eigenvalue weighted by Gasteiger charge is 2.54. The molecule has 3 unspecified atom stereocenters. The van der Waals surface area contributed by atoms with Crippen molar-refractivity contribution in [2.24, 2.45) is 5.92 Å². The maximum absolute atomic E-state index is 12.1. The van der Waals surface area contributed by atoms with E-state index in [1.54, 1.807) is 7.11 Å². The molecule has 1 fully saturated rings. The SMILES string of the molecule is COC1CC(=O)CCC12c1ccccc1CC2Cc1ccccc1. The van der Waals surface area contributed by atoms with Gasteiger partial charge in [-0.05, 0) is 41.9 Å². The molecule has 24 heavy (non-hydrogen) atoms. The van der Waals surface area contributed by atoms with Crippen LogP contribution < -0.4 is 0 Å². The van der Waals surface area contributed by atoms with Crippen molar-refractivity contribution in [3.05, 3.63) is 71.3 Å². The number of ether oxygens (including phenoxy) is 1. The molecule has 0 bridgehead atoms. The molecule has 2 heteroatoms. The lowest BCUT2D eigenvalue weighted by molar-refractivity contribution is -0.128. The Labute approximate surface area is 143 Å². The van der Waals surface area contributed by atoms with Gasteiger partial charge in [0.2, 0.25) is 0 Å². The van der Waals surface area contributed by atoms with Gasteiger partial charge in [0.1, 0.15) is 5.78 Å². The van der Waals surface area contributed by atoms with Gasteiger partial charge in [-0.15, -0.1) is 0 Å². The largest absolute Gasteiger partial charge is 0.380 e. The maximum Gasteiger partial charge on any atom is 0.135 e. The average Bonchev–Trinajstić information content (AvgIpc) is 2.92. The van der Waals surface area contributed by atoms with E-state index in [9.17, 15) is 4.79 Å². The minimum absolute atomic E-state index is 0.00360. The molecule has 0 saturated heterocycles. The molecule has 0 aromatic heterocycles. The number of ketones is 1. The van der Waals surface area contributed by atoms with Crippen LogP contribution in [0.15, 0.2) is 54.6 Å². The lowest BCUT2D eigenvalue weighted by Gasteiger charge is -2.45. The molecule has 3 atom stereocenters. The third kappa shape index (κ3) is 2.41. The molecule has 1 saturated carbocycles. The van der Waals surface area contributed by atoms with Crippen molar-refractivity contribution in [3.8, 4) is 0 Å². The number of carbonyl (C=O) groups excluding carboxylic acids is 1. The monoisotopic (exact) mass is 320 g/mol. The van der Waals surface area contributed by atoms with Crippen LogP contribution in [0.5, 0.6) is 0 Å². The van der Waals surface area contributed by atoms with Crippen LogP contribution >= 0.6 is 0 Å². The van der Waals surface area contributed by atoms with Gasteiger partial charge in [0.25, 0.3) is 0 Å². The van der Waals surface area contributed by atoms with Crippen LogP contribution in [-0.2, 0) is 27.8 Å². The fourth-order valence-corrected chi connectivity index (χ4v) is 5.04. The van der Waals surface area contributed by atoms with Gasteiger partial charge in [-0.1, -0.05) is 54.6 Å². The molecule has 0 N–H and O–H groups in total. The topological polar surface area (TPSA) is 26.3 Å². The summed E-state index contributed by atoms with van der Waals surface area (Å²) in [6.45, 7) is 0. The molecule has 2 aliphatic carbocycles. The van der Waals surface area contributed by atoms with Crippen LogP contribution in [-0.4, -0.2) is 19.0 Å². The highest BCUT2D eigenvalue weighted by atomic mass is 16.5. The molecule has 2 aliphatic rings. The summed E-state index contributed by atoms with van der Waals surface area (Å²) < 4.78 is 5.90. The van der Waals surface area contributed by atoms with E-state index in [4.69, 9.17) is 4.74 Å². The van der Waals surface area contributed by atoms with E-state index in [2.05, 4.69) is 54.6 Å². The van der Waals surface area contributed by atoms with Gasteiger partial charge in [0.15, 0.2) is 0 Å². The Kier molecular flexibility index (Phi) is 4.01. The van der Waals surface area contributed by atoms with E-state index in [1.165, 1.54) is 16.7 Å². The Hall–Kier alpha value is -1.93. The van der Waals surface area contributed by atoms with Crippen LogP contribution in [0.3, 0.4) is 0 Å². The second-order valence-electron chi connectivity index (χ2n) is 7.26. The molecule has 0 heterocycles. The third-order valence-corrected chi connectivity index (χ3v) is 6.13. The molecule has 0 amide bonds. The van der Waals surface area contributed by atoms with E-state index >= 15 is 0 Å². The van der Waals surface area contributed by atoms with Gasteiger partial charge in [-0.2, -0.15) is 0 Å². The zero-order valence-electron chi connectivity index (χ0n) is 14.2. The standard InChI is InChI=1S/C22H24O2/c1-24-21-15-19(23)11-12-22(21)18(13-16-7-3-2-4-8-16)14-17-9-5-6-10-20(17)22/h2-10,18,21H,11-15H2,1H3. The fraction of sp³-hybridized carbons (Fsp3) is 0.409. The summed E-state index contributed by atoms with van der Waals surface area (Å²) in [6, 6.07) is 19.5. The molecule has 1 spiro atoms. The van der Waals surface area contributed by atoms with Gasteiger partial charge in [-0.3, -0.25) is 4.79 Å². The van der Waals surface area contributed by atoms with Crippen molar-refractivity contribution in [2.75, 3.05) is 7.11 Å². The summed E-state index contributed by atoms with van der Waals surface area (Å²) in [6.07, 6.45) is 4.27. The van der Waals surface area contributed by atoms with Gasteiger partial charge >= 0.3 is 0 Å². The van der Waals surface area contributed by atoms with E-state index in [0.717, 1.165) is 19.3 Å². The third-order valence-electron chi connectivity index (χ3n) is 6.13. The number of carbonyl (C=O) groups is 1. The molecular formula is C22H24O2. The second kappa shape index (κ2) is 6.18. The van der Waals surface area contributed by atoms with E-state index in [-0.39, 0.29) is 11.5 Å². The molecular weight excluding hydrogens is 296 g/mol. The number of Topliss-reactive ketones (excluding diaryl/α,β-unsaturated/α-hetero) is 1. The minimum atomic E-state index is -0.0188. The molecule has 2 aromatic carbocycles. The number of hydrogen-bond donors (Lipinski definition) is 0. The Morgan fingerprint density at radius 2 is 1.79 bits per heavy atom. The highest BCUT2D eigenvalue weighted by molar-refractivity contribution is 5.80. The van der Waals surface area contributed by atoms with E-state index in [1.807, 2.05) is 0 Å². The number of methoxy groups -OCH3 is 1. The zero-order chi connectivity index (χ0) is 16.6. The van der Waals surface area contributed by atoms with E-state index in [0.29, 0.717) is 24.5 Å². The Balaban J connectivity index is 1.77. The van der Waals surface area contributed by atoms with Crippen molar-refractivity contribution < 1.29 is 9.53 Å². The Morgan fingerprint density at radius 3 is 2.58 bits per heavy atom. The number of fused-ring (bicyclic) bond motifs is 2. The summed E-state index contributed by atoms with van der Waals surface area (Å²) in [5.74, 6) is 0.839. The first-order chi connectivity index (χ1) is 11.7. The molecule has 2 aromatic rings. The predicted molar refractivity (Wildman–Crippen MR) is 95.1 cm³/mol. The molecule has 4 rings (SSSR count). The van der Waals surface area contributed by atoms with Gasteiger partial charge < -0.3 is 4.74 Å². The minimum Gasteiger partial charge on any atom is -0.380 e. The number of rotatable bonds is 3. The van der Waals surface area contributed by atoms with Gasteiger partial charge in [-0.25, -0.2) is 0 Å². The first-order valence-corrected chi connectivity index (χ1v) is 8.91. The summed E-state index contributed by atoms with van der Waals surface area (Å²) in [5.41, 5.74) is 4.22. The Bertz CT molecular complexity index is 737. The molecule has 0 radical (unpaired) electrons. The smallest absolute Gasteiger partial charge is 0.135 e. The van der Waals surface area contributed by atoms with Crippen LogP contribution in [0, 0.1) is 5.92 Å². The van der Waals surface area contributed by atoms with Crippen molar-refractivity contribution >= 4 is 5.78 Å². The van der Waals surface area contributed by atoms with Gasteiger partial charge in [0.05, 0.1) is 6.10 Å². The normalized spacial score (nSPS) is 29.0. The van der Waals surface area contributed by atoms with E-state index < -0.39 is 0 Å². The van der Waals surface area contributed by atoms with Gasteiger partial charge in [0, 0.05) is 25.4 Å². The van der Waals surface area contributed by atoms with Crippen molar-refractivity contribution in [2.45, 2.75) is 43.6 Å². The summed E-state index contributed by atoms with van der Waals surface area (Å²) >= 11 is 0. The second-order valence-corrected chi connectivity index (χ2v) is 7.26. The lowest BCUT2D eigenvalue weighted by Crippen LogP contribution is -2.49. The maximum atomic E-state index is 12.1. The molecule has 0 aliphatic heterocycles. The van der Waals surface area contributed by atoms with Crippen LogP contribution in [0.25, 0.3) is 0 Å². The first kappa shape index (κ1) is 15.6. The zero-order valence-corrected chi connectivity index (χ0v) is 14.2. The van der Waals surface area contributed by atoms with Crippen LogP contribution in [0.1, 0.15) is 36.0 Å². The fourth-order valence-electron chi connectivity index (χ4n) is 5.04. The van der Waals surface area contributed by atoms with Crippen molar-refractivity contribution in [1.29, 1.82) is 0 Å². The van der Waals surface area contributed by atoms with Crippen molar-refractivity contribution in [1.82, 2.24) is 0 Å². The van der Waals surface area contributed by atoms with Crippen molar-refractivity contribution in [3.63, 3.8) is 0 Å².